The van der Waals surface area contributed by atoms with Crippen molar-refractivity contribution in [2.75, 3.05) is 19.8 Å². The van der Waals surface area contributed by atoms with E-state index in [9.17, 15) is 14.7 Å². The lowest BCUT2D eigenvalue weighted by Crippen LogP contribution is -2.66. The molecule has 0 radical (unpaired) electrons. The molecule has 228 valence electrons. The zero-order chi connectivity index (χ0) is 29.6. The van der Waals surface area contributed by atoms with Crippen LogP contribution in [0.3, 0.4) is 0 Å². The summed E-state index contributed by atoms with van der Waals surface area (Å²) < 4.78 is 36.9. The van der Waals surface area contributed by atoms with Crippen molar-refractivity contribution in [2.45, 2.75) is 116 Å². The number of rotatable bonds is 3. The van der Waals surface area contributed by atoms with E-state index in [2.05, 4.69) is 19.9 Å². The second-order valence-corrected chi connectivity index (χ2v) is 13.0. The fourth-order valence-corrected chi connectivity index (χ4v) is 7.54. The highest BCUT2D eigenvalue weighted by atomic mass is 16.6. The van der Waals surface area contributed by atoms with Gasteiger partial charge in [-0.3, -0.25) is 0 Å². The fraction of sp³-hybridized carbons (Fsp3) is 0.750. The van der Waals surface area contributed by atoms with E-state index >= 15 is 0 Å². The third kappa shape index (κ3) is 5.33. The summed E-state index contributed by atoms with van der Waals surface area (Å²) in [6.07, 6.45) is 8.29. The van der Waals surface area contributed by atoms with Gasteiger partial charge < -0.3 is 33.5 Å². The van der Waals surface area contributed by atoms with Crippen LogP contribution in [0.1, 0.15) is 67.2 Å². The largest absolute Gasteiger partial charge is 0.463 e. The van der Waals surface area contributed by atoms with Gasteiger partial charge in [-0.2, -0.15) is 0 Å². The van der Waals surface area contributed by atoms with E-state index in [4.69, 9.17) is 28.4 Å². The zero-order valence-electron chi connectivity index (χ0n) is 25.2. The van der Waals surface area contributed by atoms with Gasteiger partial charge >= 0.3 is 11.9 Å². The van der Waals surface area contributed by atoms with Gasteiger partial charge in [0.1, 0.15) is 24.4 Å². The predicted molar refractivity (Wildman–Crippen MR) is 150 cm³/mol. The molecule has 9 nitrogen and oxygen atoms in total. The number of hydrogen-bond acceptors (Lipinski definition) is 9. The van der Waals surface area contributed by atoms with Crippen LogP contribution in [0.25, 0.3) is 0 Å². The summed E-state index contributed by atoms with van der Waals surface area (Å²) in [5.74, 6) is -1.50. The number of allylic oxidation sites excluding steroid dienone is 3. The Hall–Kier alpha value is -2.04. The number of carbonyl (C=O) groups is 2. The molecule has 5 aliphatic rings. The molecule has 1 N–H and O–H groups in total. The summed E-state index contributed by atoms with van der Waals surface area (Å²) in [6, 6.07) is 0. The molecule has 3 aliphatic heterocycles. The number of ether oxygens (including phenoxy) is 6. The lowest BCUT2D eigenvalue weighted by molar-refractivity contribution is -0.234. The normalized spacial score (nSPS) is 45.5. The van der Waals surface area contributed by atoms with Crippen molar-refractivity contribution in [3.63, 3.8) is 0 Å². The lowest BCUT2D eigenvalue weighted by Gasteiger charge is -2.58. The van der Waals surface area contributed by atoms with E-state index in [1.807, 2.05) is 33.8 Å². The molecule has 3 heterocycles. The molecule has 0 aromatic rings. The number of hydrogen-bond donors (Lipinski definition) is 1. The molecule has 2 spiro atoms. The van der Waals surface area contributed by atoms with Crippen molar-refractivity contribution in [3.05, 3.63) is 36.0 Å². The van der Waals surface area contributed by atoms with Gasteiger partial charge in [-0.15, -0.1) is 0 Å². The highest BCUT2D eigenvalue weighted by Gasteiger charge is 2.83. The molecule has 2 aliphatic carbocycles. The predicted octanol–water partition coefficient (Wildman–Crippen LogP) is 3.83. The summed E-state index contributed by atoms with van der Waals surface area (Å²) in [4.78, 5) is 26.3. The van der Waals surface area contributed by atoms with Crippen molar-refractivity contribution in [3.8, 4) is 0 Å². The third-order valence-electron chi connectivity index (χ3n) is 10.2. The van der Waals surface area contributed by atoms with Gasteiger partial charge in [0.25, 0.3) is 0 Å². The van der Waals surface area contributed by atoms with Gasteiger partial charge in [0.2, 0.25) is 0 Å². The number of epoxide rings is 1. The number of aliphatic hydroxyl groups is 1. The highest BCUT2D eigenvalue weighted by Crippen LogP contribution is 2.72. The van der Waals surface area contributed by atoms with Crippen molar-refractivity contribution < 1.29 is 43.1 Å². The Kier molecular flexibility index (Phi) is 8.58. The smallest absolute Gasteiger partial charge is 0.335 e. The first-order chi connectivity index (χ1) is 19.4. The third-order valence-corrected chi connectivity index (χ3v) is 10.2. The Morgan fingerprint density at radius 2 is 1.88 bits per heavy atom. The molecule has 10 atom stereocenters. The van der Waals surface area contributed by atoms with Crippen LogP contribution >= 0.6 is 0 Å². The minimum atomic E-state index is -1.30. The van der Waals surface area contributed by atoms with Crippen LogP contribution in [0.4, 0.5) is 0 Å². The van der Waals surface area contributed by atoms with Gasteiger partial charge in [0.15, 0.2) is 6.10 Å². The summed E-state index contributed by atoms with van der Waals surface area (Å²) >= 11 is 0. The van der Waals surface area contributed by atoms with Gasteiger partial charge in [-0.05, 0) is 52.9 Å². The van der Waals surface area contributed by atoms with Crippen molar-refractivity contribution in [1.82, 2.24) is 0 Å². The number of esters is 2. The second-order valence-electron chi connectivity index (χ2n) is 13.0. The van der Waals surface area contributed by atoms with Gasteiger partial charge in [0, 0.05) is 24.5 Å². The molecule has 9 heteroatoms. The Labute approximate surface area is 243 Å². The summed E-state index contributed by atoms with van der Waals surface area (Å²) in [6.45, 7) is 12.7. The highest BCUT2D eigenvalue weighted by molar-refractivity contribution is 5.82. The van der Waals surface area contributed by atoms with Gasteiger partial charge in [0.05, 0.1) is 36.4 Å². The van der Waals surface area contributed by atoms with Crippen LogP contribution in [-0.4, -0.2) is 85.2 Å². The molecule has 0 aromatic carbocycles. The molecule has 1 saturated carbocycles. The number of aliphatic hydroxyl groups excluding tert-OH is 1. The quantitative estimate of drug-likeness (QED) is 0.305. The number of carbonyl (C=O) groups excluding carboxylic acids is 2. The van der Waals surface area contributed by atoms with Crippen LogP contribution < -0.4 is 0 Å². The Balaban J connectivity index is 1.47. The molecule has 0 amide bonds. The standard InChI is InChI=1S/C32H46O9/c1-19(2)39-22(5)23-9-7-8-10-27(33)41-24-16-26-32(18-38-32)30(24,6)31(13-11-20(3)15-25(31)40-26)17-37-29(35)28(34)21(4)12-14-36-23/h7-10,15,19,21-26,28,34H,11-14,16-18H2,1-6H3/b9-7+,10-8-/t21?,22?,23?,24?,25?,26?,28?,30-,31?,32?/m1/s1. The first kappa shape index (κ1) is 30.4. The summed E-state index contributed by atoms with van der Waals surface area (Å²) in [5.41, 5.74) is -0.731. The lowest BCUT2D eigenvalue weighted by atomic mass is 9.51. The van der Waals surface area contributed by atoms with Gasteiger partial charge in [-0.1, -0.05) is 43.7 Å². The molecule has 2 bridgehead atoms. The topological polar surface area (TPSA) is 113 Å². The minimum absolute atomic E-state index is 0.0115. The maximum absolute atomic E-state index is 13.2. The van der Waals surface area contributed by atoms with Gasteiger partial charge in [-0.25, -0.2) is 9.59 Å². The van der Waals surface area contributed by atoms with Crippen LogP contribution in [0.5, 0.6) is 0 Å². The monoisotopic (exact) mass is 574 g/mol. The molecule has 2 saturated heterocycles. The summed E-state index contributed by atoms with van der Waals surface area (Å²) in [5, 5.41) is 10.9. The first-order valence-corrected chi connectivity index (χ1v) is 15.1. The average Bonchev–Trinajstić information content (AvgIpc) is 3.70. The molecular weight excluding hydrogens is 528 g/mol. The molecule has 9 unspecified atom stereocenters. The second kappa shape index (κ2) is 11.6. The Morgan fingerprint density at radius 1 is 1.12 bits per heavy atom. The van der Waals surface area contributed by atoms with E-state index < -0.39 is 40.6 Å². The van der Waals surface area contributed by atoms with Crippen LogP contribution in [-0.2, 0) is 38.0 Å². The van der Waals surface area contributed by atoms with E-state index in [-0.39, 0.29) is 43.0 Å². The van der Waals surface area contributed by atoms with E-state index in [0.717, 1.165) is 6.42 Å². The van der Waals surface area contributed by atoms with E-state index in [1.165, 1.54) is 11.6 Å². The maximum atomic E-state index is 13.2. The molecule has 3 fully saturated rings. The maximum Gasteiger partial charge on any atom is 0.335 e. The molecule has 41 heavy (non-hydrogen) atoms. The van der Waals surface area contributed by atoms with Crippen molar-refractivity contribution in [2.24, 2.45) is 16.7 Å². The number of cyclic esters (lactones) is 1. The van der Waals surface area contributed by atoms with Crippen LogP contribution in [0.2, 0.25) is 0 Å². The van der Waals surface area contributed by atoms with Crippen LogP contribution in [0, 0.1) is 16.7 Å². The van der Waals surface area contributed by atoms with E-state index in [1.54, 1.807) is 12.2 Å². The molecular formula is C32H46O9. The fourth-order valence-electron chi connectivity index (χ4n) is 7.54. The average molecular weight is 575 g/mol. The summed E-state index contributed by atoms with van der Waals surface area (Å²) in [7, 11) is 0. The Bertz CT molecular complexity index is 1090. The SMILES string of the molecule is CC1=CC2OC3CC4OC(=O)/C=C\C=C\C(C(C)OC(C)C)OCCC(C)C(O)C(=O)OCC2(CC1)[C@]4(C)C31CO1. The molecule has 0 aromatic heterocycles. The van der Waals surface area contributed by atoms with Crippen molar-refractivity contribution in [1.29, 1.82) is 0 Å². The van der Waals surface area contributed by atoms with Crippen molar-refractivity contribution >= 4 is 11.9 Å². The van der Waals surface area contributed by atoms with E-state index in [0.29, 0.717) is 32.5 Å². The minimum Gasteiger partial charge on any atom is -0.463 e. The Morgan fingerprint density at radius 3 is 2.59 bits per heavy atom. The molecule has 5 rings (SSSR count). The first-order valence-electron chi connectivity index (χ1n) is 15.1. The zero-order valence-corrected chi connectivity index (χ0v) is 25.2. The van der Waals surface area contributed by atoms with Crippen LogP contribution in [0.15, 0.2) is 36.0 Å².